The highest BCUT2D eigenvalue weighted by Crippen LogP contribution is 2.20. The molecule has 1 amide bonds. The molecule has 7 heteroatoms. The lowest BCUT2D eigenvalue weighted by Gasteiger charge is -2.10. The van der Waals surface area contributed by atoms with E-state index in [0.29, 0.717) is 16.3 Å². The van der Waals surface area contributed by atoms with Crippen LogP contribution in [-0.2, 0) is 11.3 Å². The molecule has 0 bridgehead atoms. The average Bonchev–Trinajstić information content (AvgIpc) is 2.58. The number of amides is 1. The highest BCUT2D eigenvalue weighted by atomic mass is 35.5. The van der Waals surface area contributed by atoms with Crippen LogP contribution in [0.5, 0.6) is 5.75 Å². The predicted octanol–water partition coefficient (Wildman–Crippen LogP) is 2.46. The van der Waals surface area contributed by atoms with E-state index in [9.17, 15) is 9.59 Å². The fourth-order valence-electron chi connectivity index (χ4n) is 1.94. The van der Waals surface area contributed by atoms with Crippen molar-refractivity contribution in [2.45, 2.75) is 6.54 Å². The summed E-state index contributed by atoms with van der Waals surface area (Å²) in [6.07, 6.45) is 1.46. The van der Waals surface area contributed by atoms with Crippen LogP contribution in [0.1, 0.15) is 26.4 Å². The number of ether oxygens (including phenoxy) is 2. The summed E-state index contributed by atoms with van der Waals surface area (Å²) in [6.45, 7) is 0.223. The molecule has 0 aliphatic carbocycles. The molecule has 2 aromatic rings. The molecule has 6 nitrogen and oxygen atoms in total. The minimum Gasteiger partial charge on any atom is -0.496 e. The van der Waals surface area contributed by atoms with Gasteiger partial charge < -0.3 is 14.8 Å². The Kier molecular flexibility index (Phi) is 5.54. The summed E-state index contributed by atoms with van der Waals surface area (Å²) < 4.78 is 9.83. The van der Waals surface area contributed by atoms with Crippen LogP contribution in [0.25, 0.3) is 0 Å². The second-order valence-corrected chi connectivity index (χ2v) is 5.00. The molecule has 2 rings (SSSR count). The number of halogens is 1. The number of carbonyl (C=O) groups excluding carboxylic acids is 2. The maximum absolute atomic E-state index is 12.0. The van der Waals surface area contributed by atoms with Gasteiger partial charge in [-0.3, -0.25) is 9.78 Å². The van der Waals surface area contributed by atoms with Gasteiger partial charge in [-0.1, -0.05) is 17.7 Å². The minimum absolute atomic E-state index is 0.221. The molecule has 0 atom stereocenters. The highest BCUT2D eigenvalue weighted by Gasteiger charge is 2.14. The molecule has 0 spiro atoms. The number of hydrogen-bond acceptors (Lipinski definition) is 5. The van der Waals surface area contributed by atoms with Crippen LogP contribution in [0.15, 0.2) is 36.5 Å². The Hall–Kier alpha value is -2.60. The van der Waals surface area contributed by atoms with Crippen molar-refractivity contribution in [3.8, 4) is 5.75 Å². The molecular weight excluding hydrogens is 320 g/mol. The molecule has 1 N–H and O–H groups in total. The average molecular weight is 335 g/mol. The molecule has 0 unspecified atom stereocenters. The van der Waals surface area contributed by atoms with Crippen molar-refractivity contribution < 1.29 is 19.1 Å². The second kappa shape index (κ2) is 7.60. The molecule has 0 saturated carbocycles. The topological polar surface area (TPSA) is 77.5 Å². The molecule has 0 aliphatic rings. The number of nitrogens with one attached hydrogen (secondary N) is 1. The lowest BCUT2D eigenvalue weighted by Crippen LogP contribution is -2.24. The SMILES string of the molecule is COC(=O)c1cc(CNC(=O)c2cc(Cl)ccn2)ccc1OC. The molecule has 0 radical (unpaired) electrons. The second-order valence-electron chi connectivity index (χ2n) is 4.57. The van der Waals surface area contributed by atoms with E-state index in [1.807, 2.05) is 0 Å². The Balaban J connectivity index is 2.11. The van der Waals surface area contributed by atoms with Gasteiger partial charge in [-0.25, -0.2) is 4.79 Å². The zero-order valence-corrected chi connectivity index (χ0v) is 13.4. The van der Waals surface area contributed by atoms with E-state index >= 15 is 0 Å². The van der Waals surface area contributed by atoms with Gasteiger partial charge in [0.05, 0.1) is 14.2 Å². The van der Waals surface area contributed by atoms with E-state index in [1.54, 1.807) is 24.3 Å². The molecule has 1 aromatic heterocycles. The Morgan fingerprint density at radius 1 is 1.22 bits per heavy atom. The van der Waals surface area contributed by atoms with Gasteiger partial charge in [0.25, 0.3) is 5.91 Å². The third-order valence-electron chi connectivity index (χ3n) is 3.08. The smallest absolute Gasteiger partial charge is 0.341 e. The Morgan fingerprint density at radius 3 is 2.65 bits per heavy atom. The molecule has 0 saturated heterocycles. The number of benzene rings is 1. The first-order valence-electron chi connectivity index (χ1n) is 6.70. The van der Waals surface area contributed by atoms with Gasteiger partial charge in [-0.15, -0.1) is 0 Å². The van der Waals surface area contributed by atoms with Crippen LogP contribution in [0.3, 0.4) is 0 Å². The van der Waals surface area contributed by atoms with E-state index in [0.717, 1.165) is 5.56 Å². The molecule has 120 valence electrons. The molecule has 23 heavy (non-hydrogen) atoms. The van der Waals surface area contributed by atoms with Gasteiger partial charge >= 0.3 is 5.97 Å². The van der Waals surface area contributed by atoms with E-state index in [1.165, 1.54) is 26.5 Å². The Bertz CT molecular complexity index is 734. The third-order valence-corrected chi connectivity index (χ3v) is 3.31. The van der Waals surface area contributed by atoms with Crippen molar-refractivity contribution in [2.75, 3.05) is 14.2 Å². The molecule has 1 heterocycles. The summed E-state index contributed by atoms with van der Waals surface area (Å²) >= 11 is 5.83. The van der Waals surface area contributed by atoms with Crippen molar-refractivity contribution in [3.63, 3.8) is 0 Å². The Labute approximate surface area is 138 Å². The van der Waals surface area contributed by atoms with Crippen molar-refractivity contribution in [1.82, 2.24) is 10.3 Å². The number of nitrogens with zero attached hydrogens (tertiary/aromatic N) is 1. The number of methoxy groups -OCH3 is 2. The standard InChI is InChI=1S/C16H15ClN2O4/c1-22-14-4-3-10(7-12(14)16(21)23-2)9-19-15(20)13-8-11(17)5-6-18-13/h3-8H,9H2,1-2H3,(H,19,20). The number of carbonyl (C=O) groups is 2. The summed E-state index contributed by atoms with van der Waals surface area (Å²) in [5, 5.41) is 3.14. The predicted molar refractivity (Wildman–Crippen MR) is 84.8 cm³/mol. The van der Waals surface area contributed by atoms with Crippen molar-refractivity contribution in [1.29, 1.82) is 0 Å². The van der Waals surface area contributed by atoms with Crippen LogP contribution < -0.4 is 10.1 Å². The monoisotopic (exact) mass is 334 g/mol. The van der Waals surface area contributed by atoms with Gasteiger partial charge in [0.2, 0.25) is 0 Å². The van der Waals surface area contributed by atoms with Gasteiger partial charge in [0.15, 0.2) is 0 Å². The van der Waals surface area contributed by atoms with Crippen molar-refractivity contribution in [2.24, 2.45) is 0 Å². The van der Waals surface area contributed by atoms with Crippen LogP contribution in [0.2, 0.25) is 5.02 Å². The zero-order chi connectivity index (χ0) is 16.8. The summed E-state index contributed by atoms with van der Waals surface area (Å²) in [5.41, 5.74) is 1.24. The van der Waals surface area contributed by atoms with Crippen LogP contribution in [0.4, 0.5) is 0 Å². The first-order valence-corrected chi connectivity index (χ1v) is 7.08. The van der Waals surface area contributed by atoms with Crippen LogP contribution in [0, 0.1) is 0 Å². The lowest BCUT2D eigenvalue weighted by molar-refractivity contribution is 0.0597. The molecule has 1 aromatic carbocycles. The van der Waals surface area contributed by atoms with Gasteiger partial charge in [-0.2, -0.15) is 0 Å². The highest BCUT2D eigenvalue weighted by molar-refractivity contribution is 6.30. The summed E-state index contributed by atoms with van der Waals surface area (Å²) in [4.78, 5) is 27.7. The van der Waals surface area contributed by atoms with E-state index in [4.69, 9.17) is 21.1 Å². The minimum atomic E-state index is -0.508. The van der Waals surface area contributed by atoms with Crippen LogP contribution >= 0.6 is 11.6 Å². The maximum atomic E-state index is 12.0. The fourth-order valence-corrected chi connectivity index (χ4v) is 2.10. The maximum Gasteiger partial charge on any atom is 0.341 e. The summed E-state index contributed by atoms with van der Waals surface area (Å²) in [5.74, 6) is -0.460. The van der Waals surface area contributed by atoms with E-state index in [-0.39, 0.29) is 18.1 Å². The number of rotatable bonds is 5. The number of hydrogen-bond donors (Lipinski definition) is 1. The van der Waals surface area contributed by atoms with E-state index in [2.05, 4.69) is 10.3 Å². The van der Waals surface area contributed by atoms with Gasteiger partial charge in [0.1, 0.15) is 17.0 Å². The quantitative estimate of drug-likeness (QED) is 0.850. The zero-order valence-electron chi connectivity index (χ0n) is 12.6. The van der Waals surface area contributed by atoms with Crippen molar-refractivity contribution in [3.05, 3.63) is 58.4 Å². The number of aromatic nitrogens is 1. The van der Waals surface area contributed by atoms with Crippen molar-refractivity contribution >= 4 is 23.5 Å². The molecular formula is C16H15ClN2O4. The largest absolute Gasteiger partial charge is 0.496 e. The lowest BCUT2D eigenvalue weighted by atomic mass is 10.1. The normalized spacial score (nSPS) is 10.0. The molecule has 0 aliphatic heterocycles. The fraction of sp³-hybridized carbons (Fsp3) is 0.188. The Morgan fingerprint density at radius 2 is 2.00 bits per heavy atom. The summed E-state index contributed by atoms with van der Waals surface area (Å²) in [6, 6.07) is 8.06. The first kappa shape index (κ1) is 16.8. The third kappa shape index (κ3) is 4.20. The molecule has 0 fully saturated rings. The first-order chi connectivity index (χ1) is 11.0. The summed E-state index contributed by atoms with van der Waals surface area (Å²) in [7, 11) is 2.76. The number of esters is 1. The number of pyridine rings is 1. The van der Waals surface area contributed by atoms with Crippen LogP contribution in [-0.4, -0.2) is 31.1 Å². The van der Waals surface area contributed by atoms with Gasteiger partial charge in [0, 0.05) is 17.8 Å². The van der Waals surface area contributed by atoms with E-state index < -0.39 is 5.97 Å². The van der Waals surface area contributed by atoms with Gasteiger partial charge in [-0.05, 0) is 29.8 Å².